The first-order valence-electron chi connectivity index (χ1n) is 6.06. The summed E-state index contributed by atoms with van der Waals surface area (Å²) in [6, 6.07) is 9.91. The van der Waals surface area contributed by atoms with Gasteiger partial charge in [0.25, 0.3) is 0 Å². The molecule has 1 N–H and O–H groups in total. The minimum Gasteiger partial charge on any atom is -0.481 e. The van der Waals surface area contributed by atoms with Crippen LogP contribution in [0.1, 0.15) is 30.2 Å². The summed E-state index contributed by atoms with van der Waals surface area (Å²) in [7, 11) is 0. The van der Waals surface area contributed by atoms with Gasteiger partial charge in [0.2, 0.25) is 0 Å². The Bertz CT molecular complexity index is 636. The smallest absolute Gasteiger partial charge is 0.310 e. The summed E-state index contributed by atoms with van der Waals surface area (Å²) in [6.45, 7) is 3.33. The molecule has 2 nitrogen and oxygen atoms in total. The third-order valence-corrected chi connectivity index (χ3v) is 5.02. The number of benzene rings is 1. The van der Waals surface area contributed by atoms with E-state index < -0.39 is 17.3 Å². The number of hydrogen-bond donors (Lipinski definition) is 1. The lowest BCUT2D eigenvalue weighted by Gasteiger charge is -2.30. The third kappa shape index (κ3) is 2.94. The number of carbonyl (C=O) groups is 1. The summed E-state index contributed by atoms with van der Waals surface area (Å²) >= 11 is 4.86. The molecule has 1 heterocycles. The summed E-state index contributed by atoms with van der Waals surface area (Å²) in [5, 5.41) is 9.51. The summed E-state index contributed by atoms with van der Waals surface area (Å²) in [5.74, 6) is -1.66. The first-order chi connectivity index (χ1) is 9.32. The molecule has 0 bridgehead atoms. The molecule has 20 heavy (non-hydrogen) atoms. The highest BCUT2D eigenvalue weighted by Crippen LogP contribution is 2.44. The van der Waals surface area contributed by atoms with Gasteiger partial charge in [0.15, 0.2) is 0 Å². The van der Waals surface area contributed by atoms with Crippen LogP contribution in [0.3, 0.4) is 0 Å². The minimum absolute atomic E-state index is 0.357. The molecule has 0 amide bonds. The van der Waals surface area contributed by atoms with Gasteiger partial charge in [-0.15, -0.1) is 11.3 Å². The lowest BCUT2D eigenvalue weighted by atomic mass is 9.74. The first-order valence-corrected chi connectivity index (χ1v) is 7.67. The van der Waals surface area contributed by atoms with Gasteiger partial charge in [-0.2, -0.15) is 0 Å². The van der Waals surface area contributed by atoms with Crippen LogP contribution in [-0.4, -0.2) is 11.1 Å². The van der Waals surface area contributed by atoms with Gasteiger partial charge < -0.3 is 5.11 Å². The van der Waals surface area contributed by atoms with Crippen LogP contribution in [-0.2, 0) is 4.79 Å². The Morgan fingerprint density at radius 1 is 1.35 bits per heavy atom. The summed E-state index contributed by atoms with van der Waals surface area (Å²) in [6.07, 6.45) is 0. The second-order valence-electron chi connectivity index (χ2n) is 5.16. The van der Waals surface area contributed by atoms with Gasteiger partial charge in [0.1, 0.15) is 5.82 Å². The third-order valence-electron chi connectivity index (χ3n) is 3.33. The van der Waals surface area contributed by atoms with Crippen molar-refractivity contribution < 1.29 is 14.3 Å². The van der Waals surface area contributed by atoms with Gasteiger partial charge in [-0.25, -0.2) is 4.39 Å². The number of carboxylic acids is 1. The largest absolute Gasteiger partial charge is 0.481 e. The van der Waals surface area contributed by atoms with Crippen LogP contribution in [0, 0.1) is 11.2 Å². The molecule has 1 unspecified atom stereocenters. The summed E-state index contributed by atoms with van der Waals surface area (Å²) < 4.78 is 14.4. The summed E-state index contributed by atoms with van der Waals surface area (Å²) in [5.41, 5.74) is -0.357. The van der Waals surface area contributed by atoms with Gasteiger partial charge in [-0.05, 0) is 59.6 Å². The molecule has 0 aliphatic heterocycles. The van der Waals surface area contributed by atoms with Gasteiger partial charge in [-0.3, -0.25) is 4.79 Å². The van der Waals surface area contributed by atoms with Crippen molar-refractivity contribution >= 4 is 33.2 Å². The Kier molecular flexibility index (Phi) is 4.30. The monoisotopic (exact) mass is 356 g/mol. The average Bonchev–Trinajstić information content (AvgIpc) is 2.75. The molecule has 1 atom stereocenters. The number of halogens is 2. The fourth-order valence-corrected chi connectivity index (χ4v) is 3.97. The molecule has 106 valence electrons. The fraction of sp³-hybridized carbons (Fsp3) is 0.267. The quantitative estimate of drug-likeness (QED) is 0.846. The van der Waals surface area contributed by atoms with E-state index in [1.807, 2.05) is 12.1 Å². The van der Waals surface area contributed by atoms with E-state index in [2.05, 4.69) is 15.9 Å². The molecule has 1 aromatic carbocycles. The van der Waals surface area contributed by atoms with Crippen molar-refractivity contribution in [2.24, 2.45) is 5.41 Å². The number of rotatable bonds is 4. The van der Waals surface area contributed by atoms with Crippen molar-refractivity contribution in [1.29, 1.82) is 0 Å². The van der Waals surface area contributed by atoms with Crippen molar-refractivity contribution in [3.8, 4) is 0 Å². The Balaban J connectivity index is 2.58. The standard InChI is InChI=1S/C15H14BrFO2S/c1-15(2,14(18)19)13(11-6-7-12(16)20-11)9-4-3-5-10(17)8-9/h3-8,13H,1-2H3,(H,18,19). The van der Waals surface area contributed by atoms with E-state index in [1.54, 1.807) is 26.0 Å². The molecule has 0 aliphatic carbocycles. The summed E-state index contributed by atoms with van der Waals surface area (Å²) in [4.78, 5) is 12.5. The van der Waals surface area contributed by atoms with E-state index in [9.17, 15) is 14.3 Å². The van der Waals surface area contributed by atoms with E-state index >= 15 is 0 Å². The van der Waals surface area contributed by atoms with Gasteiger partial charge in [0, 0.05) is 10.8 Å². The van der Waals surface area contributed by atoms with Crippen LogP contribution in [0.5, 0.6) is 0 Å². The predicted octanol–water partition coefficient (Wildman–Crippen LogP) is 4.89. The van der Waals surface area contributed by atoms with Crippen molar-refractivity contribution in [2.75, 3.05) is 0 Å². The van der Waals surface area contributed by atoms with E-state index in [4.69, 9.17) is 0 Å². The van der Waals surface area contributed by atoms with Crippen molar-refractivity contribution in [3.05, 3.63) is 56.4 Å². The molecule has 5 heteroatoms. The number of thiophene rings is 1. The zero-order valence-corrected chi connectivity index (χ0v) is 13.5. The normalized spacial score (nSPS) is 13.2. The van der Waals surface area contributed by atoms with Crippen LogP contribution in [0.25, 0.3) is 0 Å². The molecule has 0 radical (unpaired) electrons. The van der Waals surface area contributed by atoms with E-state index in [1.165, 1.54) is 23.5 Å². The molecule has 2 aromatic rings. The maximum atomic E-state index is 13.5. The van der Waals surface area contributed by atoms with Crippen LogP contribution >= 0.6 is 27.3 Å². The zero-order valence-electron chi connectivity index (χ0n) is 11.1. The predicted molar refractivity (Wildman–Crippen MR) is 81.7 cm³/mol. The Morgan fingerprint density at radius 3 is 2.55 bits per heavy atom. The van der Waals surface area contributed by atoms with Gasteiger partial charge in [0.05, 0.1) is 9.20 Å². The fourth-order valence-electron chi connectivity index (χ4n) is 2.23. The maximum Gasteiger partial charge on any atom is 0.310 e. The molecule has 0 saturated carbocycles. The molecule has 0 aliphatic rings. The highest BCUT2D eigenvalue weighted by atomic mass is 79.9. The number of hydrogen-bond acceptors (Lipinski definition) is 2. The van der Waals surface area contributed by atoms with Gasteiger partial charge in [-0.1, -0.05) is 12.1 Å². The molecule has 2 rings (SSSR count). The lowest BCUT2D eigenvalue weighted by molar-refractivity contribution is -0.147. The molecule has 0 spiro atoms. The van der Waals surface area contributed by atoms with Gasteiger partial charge >= 0.3 is 5.97 Å². The van der Waals surface area contributed by atoms with Crippen LogP contribution in [0.2, 0.25) is 0 Å². The lowest BCUT2D eigenvalue weighted by Crippen LogP contribution is -2.31. The first kappa shape index (κ1) is 15.2. The Labute approximate surface area is 129 Å². The minimum atomic E-state index is -1.03. The van der Waals surface area contributed by atoms with E-state index in [-0.39, 0.29) is 5.82 Å². The zero-order chi connectivity index (χ0) is 14.9. The highest BCUT2D eigenvalue weighted by molar-refractivity contribution is 9.11. The molecule has 1 aromatic heterocycles. The highest BCUT2D eigenvalue weighted by Gasteiger charge is 2.39. The SMILES string of the molecule is CC(C)(C(=O)O)C(c1cccc(F)c1)c1ccc(Br)s1. The molecule has 0 fully saturated rings. The topological polar surface area (TPSA) is 37.3 Å². The Morgan fingerprint density at radius 2 is 2.05 bits per heavy atom. The van der Waals surface area contributed by atoms with E-state index in [0.717, 1.165) is 8.66 Å². The maximum absolute atomic E-state index is 13.5. The van der Waals surface area contributed by atoms with E-state index in [0.29, 0.717) is 5.56 Å². The molecular formula is C15H14BrFO2S. The second kappa shape index (κ2) is 5.66. The van der Waals surface area contributed by atoms with Crippen molar-refractivity contribution in [1.82, 2.24) is 0 Å². The number of carboxylic acid groups (broad SMARTS) is 1. The second-order valence-corrected chi connectivity index (χ2v) is 7.65. The number of aliphatic carboxylic acids is 1. The van der Waals surface area contributed by atoms with Crippen molar-refractivity contribution in [3.63, 3.8) is 0 Å². The van der Waals surface area contributed by atoms with Crippen LogP contribution in [0.15, 0.2) is 40.2 Å². The van der Waals surface area contributed by atoms with Crippen molar-refractivity contribution in [2.45, 2.75) is 19.8 Å². The average molecular weight is 357 g/mol. The Hall–Kier alpha value is -1.20. The molecule has 0 saturated heterocycles. The molecular weight excluding hydrogens is 343 g/mol. The van der Waals surface area contributed by atoms with Crippen LogP contribution in [0.4, 0.5) is 4.39 Å². The van der Waals surface area contributed by atoms with Crippen LogP contribution < -0.4 is 0 Å².